The maximum Gasteiger partial charge on any atom is 1.00 e. The first-order valence-corrected chi connectivity index (χ1v) is 6.24. The van der Waals surface area contributed by atoms with Crippen molar-refractivity contribution in [2.75, 3.05) is 6.26 Å². The first-order chi connectivity index (χ1) is 6.81. The van der Waals surface area contributed by atoms with Gasteiger partial charge in [-0.05, 0) is 11.6 Å². The van der Waals surface area contributed by atoms with Gasteiger partial charge in [0.05, 0.1) is 21.2 Å². The third kappa shape index (κ3) is 2.73. The summed E-state index contributed by atoms with van der Waals surface area (Å²) in [5.41, 5.74) is -0.222. The zero-order valence-electron chi connectivity index (χ0n) is 8.91. The first-order valence-electron chi connectivity index (χ1n) is 4.31. The van der Waals surface area contributed by atoms with E-state index in [0.717, 1.165) is 12.1 Å². The molecule has 2 rings (SSSR count). The van der Waals surface area contributed by atoms with E-state index < -0.39 is 22.2 Å². The summed E-state index contributed by atoms with van der Waals surface area (Å²) < 4.78 is 52.8. The van der Waals surface area contributed by atoms with Crippen LogP contribution in [-0.4, -0.2) is 17.4 Å². The van der Waals surface area contributed by atoms with E-state index in [-0.39, 0.29) is 57.9 Å². The van der Waals surface area contributed by atoms with Crippen molar-refractivity contribution >= 4 is 22.2 Å². The molecule has 82 valence electrons. The van der Waals surface area contributed by atoms with Crippen LogP contribution in [0.4, 0.5) is 12.9 Å². The molecular weight excluding hydrogens is 265 g/mol. The van der Waals surface area contributed by atoms with Crippen molar-refractivity contribution in [3.63, 3.8) is 0 Å². The van der Waals surface area contributed by atoms with Crippen molar-refractivity contribution in [1.29, 1.82) is 0 Å². The second-order valence-corrected chi connectivity index (χ2v) is 5.83. The van der Waals surface area contributed by atoms with Crippen LogP contribution in [0.15, 0.2) is 27.5 Å². The van der Waals surface area contributed by atoms with Crippen LogP contribution in [0.5, 0.6) is 0 Å². The standard InChI is InChI=1S/C8H8BF3NOS.K/c1-15(14)8-3-2-7(9(10,11)12)4-6(8)5-13-15;/h2-4H,5H2,1H3;/q-1;+1. The van der Waals surface area contributed by atoms with Crippen molar-refractivity contribution in [1.82, 2.24) is 0 Å². The van der Waals surface area contributed by atoms with Gasteiger partial charge >= 0.3 is 58.4 Å². The molecule has 0 bridgehead atoms. The number of hydrogen-bond donors (Lipinski definition) is 0. The second-order valence-electron chi connectivity index (χ2n) is 3.53. The van der Waals surface area contributed by atoms with Crippen LogP contribution in [0, 0.1) is 0 Å². The monoisotopic (exact) mass is 273 g/mol. The molecule has 0 aliphatic carbocycles. The molecule has 0 saturated heterocycles. The van der Waals surface area contributed by atoms with Crippen LogP contribution < -0.4 is 56.8 Å². The molecule has 0 radical (unpaired) electrons. The van der Waals surface area contributed by atoms with Gasteiger partial charge < -0.3 is 12.9 Å². The Bertz CT molecular complexity index is 537. The molecule has 1 aromatic rings. The zero-order chi connectivity index (χ0) is 11.3. The van der Waals surface area contributed by atoms with Crippen molar-refractivity contribution in [3.8, 4) is 0 Å². The molecule has 1 heterocycles. The Morgan fingerprint density at radius 3 is 2.56 bits per heavy atom. The van der Waals surface area contributed by atoms with Crippen LogP contribution in [0.2, 0.25) is 0 Å². The predicted octanol–water partition coefficient (Wildman–Crippen LogP) is -1.28. The van der Waals surface area contributed by atoms with Crippen molar-refractivity contribution in [2.45, 2.75) is 11.4 Å². The van der Waals surface area contributed by atoms with Gasteiger partial charge in [0.1, 0.15) is 0 Å². The molecule has 1 aliphatic heterocycles. The van der Waals surface area contributed by atoms with Gasteiger partial charge in [0.2, 0.25) is 0 Å². The minimum Gasteiger partial charge on any atom is -0.445 e. The fraction of sp³-hybridized carbons (Fsp3) is 0.250. The Hall–Kier alpha value is 0.661. The Labute approximate surface area is 135 Å². The van der Waals surface area contributed by atoms with Crippen LogP contribution in [-0.2, 0) is 16.3 Å². The molecule has 0 fully saturated rings. The van der Waals surface area contributed by atoms with Gasteiger partial charge in [-0.15, -0.1) is 5.46 Å². The fourth-order valence-corrected chi connectivity index (χ4v) is 3.01. The fourth-order valence-electron chi connectivity index (χ4n) is 1.56. The minimum absolute atomic E-state index is 0. The topological polar surface area (TPSA) is 29.4 Å². The molecule has 0 amide bonds. The summed E-state index contributed by atoms with van der Waals surface area (Å²) in [5.74, 6) is 0. The van der Waals surface area contributed by atoms with E-state index in [2.05, 4.69) is 4.36 Å². The molecule has 0 saturated carbocycles. The summed E-state index contributed by atoms with van der Waals surface area (Å²) in [6.45, 7) is -4.87. The van der Waals surface area contributed by atoms with Gasteiger partial charge in [-0.1, -0.05) is 12.1 Å². The van der Waals surface area contributed by atoms with Gasteiger partial charge in [-0.25, -0.2) is 8.57 Å². The van der Waals surface area contributed by atoms with E-state index in [4.69, 9.17) is 0 Å². The average molecular weight is 273 g/mol. The number of fused-ring (bicyclic) bond motifs is 1. The third-order valence-electron chi connectivity index (χ3n) is 2.35. The minimum atomic E-state index is -4.99. The van der Waals surface area contributed by atoms with Gasteiger partial charge in [-0.3, -0.25) is 0 Å². The molecule has 1 aromatic carbocycles. The molecule has 1 unspecified atom stereocenters. The SMILES string of the molecule is CS1(=O)=NCc2cc([B-](F)(F)F)ccc21.[K+]. The number of rotatable bonds is 1. The average Bonchev–Trinajstić information content (AvgIpc) is 2.41. The maximum absolute atomic E-state index is 12.4. The van der Waals surface area contributed by atoms with Crippen LogP contribution in [0.1, 0.15) is 5.56 Å². The largest absolute Gasteiger partial charge is 1.00 e. The van der Waals surface area contributed by atoms with Crippen molar-refractivity contribution in [2.24, 2.45) is 4.36 Å². The molecule has 1 atom stereocenters. The van der Waals surface area contributed by atoms with Gasteiger partial charge in [-0.2, -0.15) is 0 Å². The van der Waals surface area contributed by atoms with Crippen LogP contribution >= 0.6 is 0 Å². The molecular formula is C8H8BF3KNOS. The predicted molar refractivity (Wildman–Crippen MR) is 53.6 cm³/mol. The molecule has 1 aliphatic rings. The Morgan fingerprint density at radius 1 is 1.38 bits per heavy atom. The summed E-state index contributed by atoms with van der Waals surface area (Å²) >= 11 is 0. The van der Waals surface area contributed by atoms with E-state index in [9.17, 15) is 17.2 Å². The normalized spacial score (nSPS) is 23.2. The summed E-state index contributed by atoms with van der Waals surface area (Å²) in [7, 11) is -2.45. The van der Waals surface area contributed by atoms with Crippen LogP contribution in [0.3, 0.4) is 0 Å². The van der Waals surface area contributed by atoms with E-state index in [1.165, 1.54) is 12.3 Å². The van der Waals surface area contributed by atoms with E-state index in [0.29, 0.717) is 10.5 Å². The van der Waals surface area contributed by atoms with E-state index >= 15 is 0 Å². The Morgan fingerprint density at radius 2 is 2.00 bits per heavy atom. The number of benzene rings is 1. The first kappa shape index (κ1) is 14.7. The van der Waals surface area contributed by atoms with Crippen molar-refractivity contribution < 1.29 is 68.5 Å². The molecule has 16 heavy (non-hydrogen) atoms. The smallest absolute Gasteiger partial charge is 0.445 e. The van der Waals surface area contributed by atoms with E-state index in [1.54, 1.807) is 0 Å². The van der Waals surface area contributed by atoms with Gasteiger partial charge in [0.25, 0.3) is 0 Å². The summed E-state index contributed by atoms with van der Waals surface area (Å²) in [6, 6.07) is 3.30. The number of halogens is 3. The molecule has 8 heteroatoms. The summed E-state index contributed by atoms with van der Waals surface area (Å²) in [5, 5.41) is 0. The van der Waals surface area contributed by atoms with Gasteiger partial charge in [0.15, 0.2) is 0 Å². The quantitative estimate of drug-likeness (QED) is 0.586. The molecule has 0 aromatic heterocycles. The number of hydrogen-bond acceptors (Lipinski definition) is 2. The molecule has 0 N–H and O–H groups in total. The zero-order valence-corrected chi connectivity index (χ0v) is 12.9. The van der Waals surface area contributed by atoms with E-state index in [1.807, 2.05) is 0 Å². The third-order valence-corrected chi connectivity index (χ3v) is 4.19. The molecule has 2 nitrogen and oxygen atoms in total. The Kier molecular flexibility index (Phi) is 4.36. The van der Waals surface area contributed by atoms with Gasteiger partial charge in [0, 0.05) is 6.26 Å². The molecule has 0 spiro atoms. The number of nitrogens with zero attached hydrogens (tertiary/aromatic N) is 1. The second kappa shape index (κ2) is 4.74. The summed E-state index contributed by atoms with van der Waals surface area (Å²) in [4.78, 5) is 0.436. The summed E-state index contributed by atoms with van der Waals surface area (Å²) in [6.07, 6.45) is 1.44. The van der Waals surface area contributed by atoms with Crippen LogP contribution in [0.25, 0.3) is 0 Å². The maximum atomic E-state index is 12.4. The Balaban J connectivity index is 0.00000128. The van der Waals surface area contributed by atoms with Crippen molar-refractivity contribution in [3.05, 3.63) is 23.8 Å².